The second kappa shape index (κ2) is 6.37. The van der Waals surface area contributed by atoms with E-state index in [9.17, 15) is 9.90 Å². The predicted molar refractivity (Wildman–Crippen MR) is 95.3 cm³/mol. The van der Waals surface area contributed by atoms with Crippen LogP contribution in [0.1, 0.15) is 22.2 Å². The van der Waals surface area contributed by atoms with Crippen molar-refractivity contribution in [3.8, 4) is 0 Å². The molecule has 0 bridgehead atoms. The quantitative estimate of drug-likeness (QED) is 0.561. The Morgan fingerprint density at radius 3 is 2.76 bits per heavy atom. The van der Waals surface area contributed by atoms with Crippen molar-refractivity contribution >= 4 is 27.6 Å². The Balaban J connectivity index is 1.80. The van der Waals surface area contributed by atoms with Gasteiger partial charge in [-0.3, -0.25) is 9.78 Å². The second-order valence-corrected chi connectivity index (χ2v) is 5.77. The number of aromatic nitrogens is 1. The minimum Gasteiger partial charge on any atom is -0.467 e. The molecule has 0 aliphatic rings. The summed E-state index contributed by atoms with van der Waals surface area (Å²) in [6.07, 6.45) is 3.18. The number of furan rings is 1. The lowest BCUT2D eigenvalue weighted by Crippen LogP contribution is -2.30. The zero-order chi connectivity index (χ0) is 17.2. The molecule has 0 saturated carbocycles. The maximum atomic E-state index is 12.9. The molecule has 5 heteroatoms. The number of aliphatic hydroxyl groups excluding tert-OH is 1. The topological polar surface area (TPSA) is 75.4 Å². The number of rotatable bonds is 4. The van der Waals surface area contributed by atoms with Gasteiger partial charge in [0.2, 0.25) is 0 Å². The Morgan fingerprint density at radius 2 is 1.96 bits per heavy atom. The molecule has 2 aromatic carbocycles. The molecular weight excluding hydrogens is 316 g/mol. The monoisotopic (exact) mass is 332 g/mol. The predicted octanol–water partition coefficient (Wildman–Crippen LogP) is 3.44. The number of fused-ring (bicyclic) bond motifs is 3. The third-order valence-electron chi connectivity index (χ3n) is 4.23. The molecule has 0 aliphatic carbocycles. The van der Waals surface area contributed by atoms with E-state index in [4.69, 9.17) is 4.42 Å². The highest BCUT2D eigenvalue weighted by Gasteiger charge is 2.20. The SMILES string of the molecule is O=C(NC(CO)c1ccco1)c1cc2ccccc2c2cccnc12. The second-order valence-electron chi connectivity index (χ2n) is 5.77. The van der Waals surface area contributed by atoms with Gasteiger partial charge in [-0.2, -0.15) is 0 Å². The maximum Gasteiger partial charge on any atom is 0.254 e. The molecule has 2 heterocycles. The number of benzene rings is 2. The Hall–Kier alpha value is -3.18. The largest absolute Gasteiger partial charge is 0.467 e. The molecule has 2 aromatic heterocycles. The van der Waals surface area contributed by atoms with E-state index in [0.717, 1.165) is 16.2 Å². The van der Waals surface area contributed by atoms with Gasteiger partial charge in [-0.05, 0) is 35.0 Å². The van der Waals surface area contributed by atoms with Crippen molar-refractivity contribution in [2.24, 2.45) is 0 Å². The third-order valence-corrected chi connectivity index (χ3v) is 4.23. The molecule has 0 spiro atoms. The molecule has 0 aliphatic heterocycles. The zero-order valence-corrected chi connectivity index (χ0v) is 13.3. The molecule has 0 radical (unpaired) electrons. The van der Waals surface area contributed by atoms with Crippen molar-refractivity contribution in [2.75, 3.05) is 6.61 Å². The van der Waals surface area contributed by atoms with E-state index in [-0.39, 0.29) is 12.5 Å². The van der Waals surface area contributed by atoms with Crippen LogP contribution in [0.2, 0.25) is 0 Å². The minimum atomic E-state index is -0.604. The summed E-state index contributed by atoms with van der Waals surface area (Å²) >= 11 is 0. The number of pyridine rings is 1. The number of amides is 1. The molecule has 0 fully saturated rings. The number of hydrogen-bond acceptors (Lipinski definition) is 4. The summed E-state index contributed by atoms with van der Waals surface area (Å²) in [5.41, 5.74) is 1.11. The van der Waals surface area contributed by atoms with E-state index in [0.29, 0.717) is 16.8 Å². The van der Waals surface area contributed by atoms with Crippen LogP contribution >= 0.6 is 0 Å². The lowest BCUT2D eigenvalue weighted by molar-refractivity contribution is 0.0909. The molecule has 4 aromatic rings. The van der Waals surface area contributed by atoms with Crippen LogP contribution in [0.4, 0.5) is 0 Å². The first-order valence-electron chi connectivity index (χ1n) is 7.99. The lowest BCUT2D eigenvalue weighted by Gasteiger charge is -2.15. The van der Waals surface area contributed by atoms with E-state index in [1.54, 1.807) is 18.3 Å². The van der Waals surface area contributed by atoms with Crippen LogP contribution < -0.4 is 5.32 Å². The zero-order valence-electron chi connectivity index (χ0n) is 13.3. The fourth-order valence-electron chi connectivity index (χ4n) is 3.03. The summed E-state index contributed by atoms with van der Waals surface area (Å²) in [7, 11) is 0. The molecule has 1 atom stereocenters. The van der Waals surface area contributed by atoms with Crippen molar-refractivity contribution in [2.45, 2.75) is 6.04 Å². The Labute approximate surface area is 143 Å². The van der Waals surface area contributed by atoms with Crippen molar-refractivity contribution in [1.29, 1.82) is 0 Å². The van der Waals surface area contributed by atoms with E-state index >= 15 is 0 Å². The molecular formula is C20H16N2O3. The molecule has 2 N–H and O–H groups in total. The van der Waals surface area contributed by atoms with Crippen LogP contribution in [0, 0.1) is 0 Å². The van der Waals surface area contributed by atoms with Gasteiger partial charge in [0.1, 0.15) is 11.8 Å². The van der Waals surface area contributed by atoms with Crippen LogP contribution in [0.5, 0.6) is 0 Å². The summed E-state index contributed by atoms with van der Waals surface area (Å²) in [5.74, 6) is 0.207. The van der Waals surface area contributed by atoms with Crippen molar-refractivity contribution in [3.05, 3.63) is 78.4 Å². The first kappa shape index (κ1) is 15.4. The number of aliphatic hydroxyl groups is 1. The van der Waals surface area contributed by atoms with Gasteiger partial charge in [-0.25, -0.2) is 0 Å². The van der Waals surface area contributed by atoms with E-state index in [2.05, 4.69) is 10.3 Å². The van der Waals surface area contributed by atoms with Crippen LogP contribution in [-0.4, -0.2) is 22.6 Å². The molecule has 1 unspecified atom stereocenters. The van der Waals surface area contributed by atoms with Gasteiger partial charge in [-0.15, -0.1) is 0 Å². The van der Waals surface area contributed by atoms with Gasteiger partial charge in [-0.1, -0.05) is 30.3 Å². The number of carbonyl (C=O) groups is 1. The van der Waals surface area contributed by atoms with Crippen LogP contribution in [0.15, 0.2) is 71.5 Å². The molecule has 25 heavy (non-hydrogen) atoms. The van der Waals surface area contributed by atoms with E-state index < -0.39 is 6.04 Å². The first-order chi connectivity index (χ1) is 12.3. The van der Waals surface area contributed by atoms with Crippen molar-refractivity contribution in [3.63, 3.8) is 0 Å². The van der Waals surface area contributed by atoms with Crippen LogP contribution in [0.25, 0.3) is 21.7 Å². The fourth-order valence-corrected chi connectivity index (χ4v) is 3.03. The molecule has 0 saturated heterocycles. The number of nitrogens with one attached hydrogen (secondary N) is 1. The number of hydrogen-bond donors (Lipinski definition) is 2. The lowest BCUT2D eigenvalue weighted by atomic mass is 10.00. The fraction of sp³-hybridized carbons (Fsp3) is 0.100. The summed E-state index contributed by atoms with van der Waals surface area (Å²) in [6, 6.07) is 16.4. The van der Waals surface area contributed by atoms with Gasteiger partial charge in [0.25, 0.3) is 5.91 Å². The normalized spacial score (nSPS) is 12.4. The smallest absolute Gasteiger partial charge is 0.254 e. The van der Waals surface area contributed by atoms with Crippen molar-refractivity contribution < 1.29 is 14.3 Å². The molecule has 4 rings (SSSR count). The standard InChI is InChI=1S/C20H16N2O3/c23-12-17(18-8-4-10-25-18)22-20(24)16-11-13-5-1-2-6-14(13)15-7-3-9-21-19(15)16/h1-11,17,23H,12H2,(H,22,24). The van der Waals surface area contributed by atoms with Crippen LogP contribution in [0.3, 0.4) is 0 Å². The minimum absolute atomic E-state index is 0.252. The highest BCUT2D eigenvalue weighted by Crippen LogP contribution is 2.27. The van der Waals surface area contributed by atoms with Gasteiger partial charge >= 0.3 is 0 Å². The highest BCUT2D eigenvalue weighted by atomic mass is 16.3. The summed E-state index contributed by atoms with van der Waals surface area (Å²) in [4.78, 5) is 17.3. The summed E-state index contributed by atoms with van der Waals surface area (Å²) < 4.78 is 5.29. The van der Waals surface area contributed by atoms with Gasteiger partial charge < -0.3 is 14.8 Å². The average molecular weight is 332 g/mol. The van der Waals surface area contributed by atoms with Crippen LogP contribution in [-0.2, 0) is 0 Å². The van der Waals surface area contributed by atoms with Gasteiger partial charge in [0.05, 0.1) is 24.0 Å². The van der Waals surface area contributed by atoms with E-state index in [1.807, 2.05) is 42.5 Å². The molecule has 124 valence electrons. The Morgan fingerprint density at radius 1 is 1.12 bits per heavy atom. The molecule has 5 nitrogen and oxygen atoms in total. The maximum absolute atomic E-state index is 12.9. The van der Waals surface area contributed by atoms with Gasteiger partial charge in [0.15, 0.2) is 0 Å². The third kappa shape index (κ3) is 2.75. The number of nitrogens with zero attached hydrogens (tertiary/aromatic N) is 1. The average Bonchev–Trinajstić information content (AvgIpc) is 3.20. The Kier molecular flexibility index (Phi) is 3.91. The van der Waals surface area contributed by atoms with E-state index in [1.165, 1.54) is 6.26 Å². The van der Waals surface area contributed by atoms with Crippen molar-refractivity contribution in [1.82, 2.24) is 10.3 Å². The number of carbonyl (C=O) groups excluding carboxylic acids is 1. The molecule has 1 amide bonds. The highest BCUT2D eigenvalue weighted by molar-refractivity contribution is 6.15. The summed E-state index contributed by atoms with van der Waals surface area (Å²) in [6.45, 7) is -0.252. The first-order valence-corrected chi connectivity index (χ1v) is 7.99. The summed E-state index contributed by atoms with van der Waals surface area (Å²) in [5, 5.41) is 15.3. The Bertz CT molecular complexity index is 1040. The van der Waals surface area contributed by atoms with Gasteiger partial charge in [0, 0.05) is 11.6 Å².